The Morgan fingerprint density at radius 3 is 2.92 bits per heavy atom. The van der Waals surface area contributed by atoms with E-state index in [-0.39, 0.29) is 30.6 Å². The van der Waals surface area contributed by atoms with E-state index in [9.17, 15) is 4.79 Å². The average molecular weight is 408 g/mol. The molecule has 0 aromatic carbocycles. The van der Waals surface area contributed by atoms with Gasteiger partial charge in [0.15, 0.2) is 10.8 Å². The number of alkyl halides is 2. The Bertz CT molecular complexity index is 689. The van der Waals surface area contributed by atoms with Crippen LogP contribution in [0.2, 0.25) is 0 Å². The number of carbonyl (C=O) groups is 1. The van der Waals surface area contributed by atoms with E-state index in [0.29, 0.717) is 24.2 Å². The summed E-state index contributed by atoms with van der Waals surface area (Å²) in [5.41, 5.74) is 6.36. The fourth-order valence-corrected chi connectivity index (χ4v) is 4.12. The first-order chi connectivity index (χ1) is 11.3. The first-order valence-electron chi connectivity index (χ1n) is 7.99. The zero-order valence-corrected chi connectivity index (χ0v) is 16.1. The van der Waals surface area contributed by atoms with Crippen LogP contribution in [0.1, 0.15) is 32.6 Å². The van der Waals surface area contributed by atoms with Crippen molar-refractivity contribution in [3.63, 3.8) is 0 Å². The molecule has 0 aromatic rings. The van der Waals surface area contributed by atoms with Crippen LogP contribution in [0.25, 0.3) is 0 Å². The van der Waals surface area contributed by atoms with Gasteiger partial charge in [0.1, 0.15) is 29.2 Å². The van der Waals surface area contributed by atoms with Gasteiger partial charge in [0.05, 0.1) is 0 Å². The lowest BCUT2D eigenvalue weighted by atomic mass is 9.76. The van der Waals surface area contributed by atoms with Crippen LogP contribution in [-0.4, -0.2) is 34.3 Å². The molecule has 0 radical (unpaired) electrons. The third-order valence-electron chi connectivity index (χ3n) is 4.60. The number of fused-ring (bicyclic) bond motifs is 2. The third kappa shape index (κ3) is 3.47. The van der Waals surface area contributed by atoms with Crippen LogP contribution < -0.4 is 5.73 Å². The number of nitrogens with two attached hydrogens (primary N) is 1. The van der Waals surface area contributed by atoms with Crippen LogP contribution in [0.5, 0.6) is 0 Å². The molecule has 0 saturated heterocycles. The molecular weight excluding hydrogens is 387 g/mol. The van der Waals surface area contributed by atoms with Crippen LogP contribution in [0.15, 0.2) is 35.1 Å². The first-order valence-corrected chi connectivity index (χ1v) is 8.80. The number of rotatable bonds is 5. The van der Waals surface area contributed by atoms with E-state index in [2.05, 4.69) is 6.92 Å². The number of hydrogen-bond donors (Lipinski definition) is 2. The van der Waals surface area contributed by atoms with E-state index in [1.807, 2.05) is 0 Å². The van der Waals surface area contributed by atoms with Crippen LogP contribution in [0, 0.1) is 5.41 Å². The molecule has 3 atom stereocenters. The highest BCUT2D eigenvalue weighted by molar-refractivity contribution is 6.34. The van der Waals surface area contributed by atoms with Gasteiger partial charge in [-0.1, -0.05) is 24.9 Å². The molecule has 3 aliphatic rings. The maximum Gasteiger partial charge on any atom is 0.181 e. The zero-order chi connectivity index (χ0) is 17.5. The Morgan fingerprint density at radius 1 is 1.56 bits per heavy atom. The molecule has 0 aromatic heterocycles. The van der Waals surface area contributed by atoms with Crippen LogP contribution in [-0.2, 0) is 14.3 Å². The Morgan fingerprint density at radius 2 is 2.28 bits per heavy atom. The molecule has 25 heavy (non-hydrogen) atoms. The predicted molar refractivity (Wildman–Crippen MR) is 101 cm³/mol. The molecule has 3 N–H and O–H groups in total. The SMILES string of the molecule is CCCC12CCC(=O)C=C1C1=C(C=CC(Cl)(OCC(=N)N)C1Cl)O2.Cl. The second kappa shape index (κ2) is 7.31. The summed E-state index contributed by atoms with van der Waals surface area (Å²) in [5, 5.41) is 5.23. The van der Waals surface area contributed by atoms with E-state index in [4.69, 9.17) is 43.8 Å². The Hall–Kier alpha value is -1.01. The highest BCUT2D eigenvalue weighted by atomic mass is 35.5. The highest BCUT2D eigenvalue weighted by Gasteiger charge is 2.53. The van der Waals surface area contributed by atoms with Gasteiger partial charge in [-0.25, -0.2) is 0 Å². The molecule has 1 heterocycles. The number of carbonyl (C=O) groups excluding carboxylic acids is 1. The van der Waals surface area contributed by atoms with Crippen molar-refractivity contribution < 1.29 is 14.3 Å². The lowest BCUT2D eigenvalue weighted by Gasteiger charge is -2.35. The molecule has 3 rings (SSSR count). The second-order valence-electron chi connectivity index (χ2n) is 6.36. The van der Waals surface area contributed by atoms with Gasteiger partial charge < -0.3 is 15.2 Å². The summed E-state index contributed by atoms with van der Waals surface area (Å²) in [6.07, 6.45) is 7.83. The topological polar surface area (TPSA) is 85.4 Å². The summed E-state index contributed by atoms with van der Waals surface area (Å²) in [6.45, 7) is 1.96. The minimum absolute atomic E-state index is 0. The van der Waals surface area contributed by atoms with Gasteiger partial charge in [0.25, 0.3) is 0 Å². The third-order valence-corrected chi connectivity index (χ3v) is 5.70. The molecule has 0 amide bonds. The predicted octanol–water partition coefficient (Wildman–Crippen LogP) is 3.59. The number of allylic oxidation sites excluding steroid dienone is 2. The fourth-order valence-electron chi connectivity index (χ4n) is 3.53. The van der Waals surface area contributed by atoms with Crippen molar-refractivity contribution in [2.75, 3.05) is 6.61 Å². The lowest BCUT2D eigenvalue weighted by Crippen LogP contribution is -2.41. The normalized spacial score (nSPS) is 33.2. The smallest absolute Gasteiger partial charge is 0.181 e. The number of halogens is 3. The van der Waals surface area contributed by atoms with Crippen molar-refractivity contribution in [3.8, 4) is 0 Å². The molecule has 0 saturated carbocycles. The molecule has 3 unspecified atom stereocenters. The van der Waals surface area contributed by atoms with Crippen molar-refractivity contribution >= 4 is 47.2 Å². The summed E-state index contributed by atoms with van der Waals surface area (Å²) in [4.78, 5) is 12.0. The number of amidine groups is 1. The molecule has 0 spiro atoms. The van der Waals surface area contributed by atoms with Gasteiger partial charge in [0.2, 0.25) is 0 Å². The van der Waals surface area contributed by atoms with Crippen LogP contribution in [0.3, 0.4) is 0 Å². The maximum atomic E-state index is 12.0. The summed E-state index contributed by atoms with van der Waals surface area (Å²) in [6, 6.07) is 0. The second-order valence-corrected chi connectivity index (χ2v) is 7.38. The van der Waals surface area contributed by atoms with Crippen LogP contribution in [0.4, 0.5) is 0 Å². The Balaban J connectivity index is 0.00000225. The quantitative estimate of drug-likeness (QED) is 0.414. The molecule has 138 valence electrons. The van der Waals surface area contributed by atoms with Gasteiger partial charge in [-0.15, -0.1) is 24.0 Å². The van der Waals surface area contributed by atoms with E-state index in [1.54, 1.807) is 18.2 Å². The number of hydrogen-bond acceptors (Lipinski definition) is 4. The zero-order valence-electron chi connectivity index (χ0n) is 13.8. The average Bonchev–Trinajstić information content (AvgIpc) is 2.84. The van der Waals surface area contributed by atoms with Crippen molar-refractivity contribution in [1.29, 1.82) is 5.41 Å². The fraction of sp³-hybridized carbons (Fsp3) is 0.529. The van der Waals surface area contributed by atoms with Crippen molar-refractivity contribution in [2.45, 2.75) is 48.6 Å². The van der Waals surface area contributed by atoms with Gasteiger partial charge in [-0.3, -0.25) is 10.2 Å². The van der Waals surface area contributed by atoms with Gasteiger partial charge in [0, 0.05) is 17.6 Å². The minimum Gasteiger partial charge on any atom is -0.482 e. The molecule has 0 fully saturated rings. The molecular formula is C17H21Cl3N2O3. The monoisotopic (exact) mass is 406 g/mol. The van der Waals surface area contributed by atoms with Gasteiger partial charge >= 0.3 is 0 Å². The van der Waals surface area contributed by atoms with E-state index in [1.165, 1.54) is 0 Å². The Kier molecular flexibility index (Phi) is 5.94. The highest BCUT2D eigenvalue weighted by Crippen LogP contribution is 2.53. The molecule has 0 bridgehead atoms. The molecule has 1 aliphatic heterocycles. The number of ketones is 1. The summed E-state index contributed by atoms with van der Waals surface area (Å²) in [5.74, 6) is 0.576. The van der Waals surface area contributed by atoms with Crippen molar-refractivity contribution in [3.05, 3.63) is 35.1 Å². The van der Waals surface area contributed by atoms with Crippen molar-refractivity contribution in [2.24, 2.45) is 5.73 Å². The summed E-state index contributed by atoms with van der Waals surface area (Å²) in [7, 11) is 0. The van der Waals surface area contributed by atoms with E-state index >= 15 is 0 Å². The Labute approximate surface area is 163 Å². The van der Waals surface area contributed by atoms with E-state index < -0.39 is 16.0 Å². The van der Waals surface area contributed by atoms with Crippen LogP contribution >= 0.6 is 35.6 Å². The summed E-state index contributed by atoms with van der Waals surface area (Å²) < 4.78 is 11.8. The summed E-state index contributed by atoms with van der Waals surface area (Å²) >= 11 is 13.2. The minimum atomic E-state index is -1.33. The molecule has 8 heteroatoms. The van der Waals surface area contributed by atoms with Gasteiger partial charge in [-0.05, 0) is 31.1 Å². The van der Waals surface area contributed by atoms with Crippen molar-refractivity contribution in [1.82, 2.24) is 0 Å². The molecule has 2 aliphatic carbocycles. The number of ether oxygens (including phenoxy) is 2. The standard InChI is InChI=1S/C17H20Cl2N2O3.ClH/c1-2-5-16-6-3-10(22)8-11(16)14-12(24-16)4-7-17(19,15(14)18)23-9-13(20)21;/h4,7-8,15H,2-3,5-6,9H2,1H3,(H3,20,21);1H. The number of nitrogens with one attached hydrogen (secondary N) is 1. The lowest BCUT2D eigenvalue weighted by molar-refractivity contribution is -0.116. The van der Waals surface area contributed by atoms with E-state index in [0.717, 1.165) is 18.4 Å². The maximum absolute atomic E-state index is 12.0. The first kappa shape index (κ1) is 20.3. The largest absolute Gasteiger partial charge is 0.482 e. The van der Waals surface area contributed by atoms with Gasteiger partial charge in [-0.2, -0.15) is 0 Å². The molecule has 5 nitrogen and oxygen atoms in total.